The van der Waals surface area contributed by atoms with Crippen molar-refractivity contribution in [1.29, 1.82) is 0 Å². The third kappa shape index (κ3) is 4.39. The predicted molar refractivity (Wildman–Crippen MR) is 223 cm³/mol. The number of aromatic nitrogens is 2. The molecule has 258 valence electrons. The molecule has 0 aliphatic carbocycles. The van der Waals surface area contributed by atoms with Gasteiger partial charge in [0.05, 0.1) is 33.2 Å². The Kier molecular flexibility index (Phi) is 6.24. The number of hydrogen-bond donors (Lipinski definition) is 0. The predicted octanol–water partition coefficient (Wildman–Crippen LogP) is 13.9. The summed E-state index contributed by atoms with van der Waals surface area (Å²) >= 11 is 0. The van der Waals surface area contributed by atoms with Crippen molar-refractivity contribution in [2.75, 3.05) is 4.90 Å². The van der Waals surface area contributed by atoms with Gasteiger partial charge in [0.15, 0.2) is 5.58 Å². The SMILES string of the molecule is c1ccc(-c2nc3ccc4oc5ccc(N(c6cccc7oc8ccccc8c67)c6cccc7c8ccccc8n(-c8ccccc8)c67)cc5c4c3o2)cc1. The molecule has 0 radical (unpaired) electrons. The van der Waals surface area contributed by atoms with Crippen molar-refractivity contribution in [2.24, 2.45) is 0 Å². The molecule has 0 amide bonds. The molecule has 0 atom stereocenters. The average Bonchev–Trinajstić information content (AvgIpc) is 4.02. The van der Waals surface area contributed by atoms with Gasteiger partial charge in [-0.25, -0.2) is 4.98 Å². The first-order valence-electron chi connectivity index (χ1n) is 18.4. The zero-order chi connectivity index (χ0) is 36.0. The molecule has 0 saturated heterocycles. The van der Waals surface area contributed by atoms with Crippen molar-refractivity contribution in [2.45, 2.75) is 0 Å². The van der Waals surface area contributed by atoms with Gasteiger partial charge >= 0.3 is 0 Å². The Bertz CT molecular complexity index is 3440. The number of hydrogen-bond acceptors (Lipinski definition) is 5. The van der Waals surface area contributed by atoms with Crippen molar-refractivity contribution in [1.82, 2.24) is 9.55 Å². The maximum Gasteiger partial charge on any atom is 0.227 e. The fraction of sp³-hybridized carbons (Fsp3) is 0. The topological polar surface area (TPSA) is 60.5 Å². The van der Waals surface area contributed by atoms with Crippen molar-refractivity contribution >= 4 is 93.8 Å². The molecular weight excluding hydrogens is 679 g/mol. The lowest BCUT2D eigenvalue weighted by molar-refractivity contribution is 0.622. The minimum atomic E-state index is 0.578. The summed E-state index contributed by atoms with van der Waals surface area (Å²) in [6.07, 6.45) is 0. The van der Waals surface area contributed by atoms with Crippen LogP contribution in [0.3, 0.4) is 0 Å². The largest absolute Gasteiger partial charge is 0.456 e. The fourth-order valence-corrected chi connectivity index (χ4v) is 8.45. The van der Waals surface area contributed by atoms with E-state index >= 15 is 0 Å². The summed E-state index contributed by atoms with van der Waals surface area (Å²) in [5, 5.41) is 6.29. The van der Waals surface area contributed by atoms with Crippen molar-refractivity contribution in [3.8, 4) is 17.1 Å². The summed E-state index contributed by atoms with van der Waals surface area (Å²) in [6, 6.07) is 60.9. The van der Waals surface area contributed by atoms with Gasteiger partial charge in [-0.1, -0.05) is 91.0 Å². The van der Waals surface area contributed by atoms with Crippen LogP contribution in [-0.4, -0.2) is 9.55 Å². The van der Waals surface area contributed by atoms with Gasteiger partial charge in [-0.2, -0.15) is 0 Å². The molecule has 12 aromatic rings. The molecule has 4 heterocycles. The van der Waals surface area contributed by atoms with E-state index in [-0.39, 0.29) is 0 Å². The Labute approximate surface area is 313 Å². The van der Waals surface area contributed by atoms with E-state index in [9.17, 15) is 0 Å². The highest BCUT2D eigenvalue weighted by atomic mass is 16.4. The highest BCUT2D eigenvalue weighted by Crippen LogP contribution is 2.48. The van der Waals surface area contributed by atoms with Crippen LogP contribution in [0.2, 0.25) is 0 Å². The molecular formula is C49H29N3O3. The van der Waals surface area contributed by atoms with Crippen LogP contribution in [-0.2, 0) is 0 Å². The quantitative estimate of drug-likeness (QED) is 0.178. The van der Waals surface area contributed by atoms with Crippen LogP contribution in [0.15, 0.2) is 189 Å². The number of benzene rings is 8. The van der Waals surface area contributed by atoms with Crippen LogP contribution in [0.4, 0.5) is 17.1 Å². The number of para-hydroxylation sites is 4. The lowest BCUT2D eigenvalue weighted by atomic mass is 10.1. The molecule has 0 unspecified atom stereocenters. The van der Waals surface area contributed by atoms with Crippen LogP contribution in [0.5, 0.6) is 0 Å². The summed E-state index contributed by atoms with van der Waals surface area (Å²) in [5.74, 6) is 0.578. The van der Waals surface area contributed by atoms with Crippen LogP contribution < -0.4 is 4.90 Å². The molecule has 6 heteroatoms. The van der Waals surface area contributed by atoms with Crippen molar-refractivity contribution in [3.05, 3.63) is 176 Å². The Morgan fingerprint density at radius 3 is 1.98 bits per heavy atom. The van der Waals surface area contributed by atoms with Gasteiger partial charge < -0.3 is 22.7 Å². The second kappa shape index (κ2) is 11.5. The molecule has 0 aliphatic heterocycles. The minimum absolute atomic E-state index is 0.578. The van der Waals surface area contributed by atoms with Gasteiger partial charge in [-0.05, 0) is 84.9 Å². The molecule has 0 aliphatic rings. The lowest BCUT2D eigenvalue weighted by Gasteiger charge is -2.28. The van der Waals surface area contributed by atoms with E-state index in [4.69, 9.17) is 18.2 Å². The smallest absolute Gasteiger partial charge is 0.227 e. The summed E-state index contributed by atoms with van der Waals surface area (Å²) in [5.41, 5.74) is 11.9. The normalized spacial score (nSPS) is 12.0. The maximum atomic E-state index is 6.55. The summed E-state index contributed by atoms with van der Waals surface area (Å²) in [7, 11) is 0. The summed E-state index contributed by atoms with van der Waals surface area (Å²) in [6.45, 7) is 0. The third-order valence-corrected chi connectivity index (χ3v) is 10.8. The van der Waals surface area contributed by atoms with Gasteiger partial charge in [-0.15, -0.1) is 0 Å². The summed E-state index contributed by atoms with van der Waals surface area (Å²) < 4.78 is 21.9. The number of nitrogens with zero attached hydrogens (tertiary/aromatic N) is 3. The van der Waals surface area contributed by atoms with Gasteiger partial charge in [0.1, 0.15) is 27.8 Å². The van der Waals surface area contributed by atoms with Crippen LogP contribution >= 0.6 is 0 Å². The van der Waals surface area contributed by atoms with Gasteiger partial charge in [0.2, 0.25) is 5.89 Å². The second-order valence-corrected chi connectivity index (χ2v) is 13.9. The van der Waals surface area contributed by atoms with Gasteiger partial charge in [-0.3, -0.25) is 0 Å². The van der Waals surface area contributed by atoms with E-state index in [1.54, 1.807) is 0 Å². The first-order chi connectivity index (χ1) is 27.3. The Morgan fingerprint density at radius 2 is 1.11 bits per heavy atom. The Morgan fingerprint density at radius 1 is 0.455 bits per heavy atom. The van der Waals surface area contributed by atoms with Crippen LogP contribution in [0.25, 0.3) is 93.9 Å². The first-order valence-corrected chi connectivity index (χ1v) is 18.4. The molecule has 0 N–H and O–H groups in total. The van der Waals surface area contributed by atoms with E-state index in [1.165, 1.54) is 5.39 Å². The van der Waals surface area contributed by atoms with E-state index in [1.807, 2.05) is 54.6 Å². The molecule has 8 aromatic carbocycles. The standard InChI is InChI=1S/C49H29N3O3/c1-3-13-30(14-4-1)49-50-37-26-28-44-46(48(37)55-49)36-29-32(25-27-42(36)54-44)51(39-21-12-24-43-45(39)35-18-8-10-23-41(35)53-43)40-22-11-19-34-33-17-7-9-20-38(33)52(47(34)40)31-15-5-2-6-16-31/h1-29H. The molecule has 0 bridgehead atoms. The Hall–Kier alpha value is -7.57. The van der Waals surface area contributed by atoms with Crippen molar-refractivity contribution in [3.63, 3.8) is 0 Å². The maximum absolute atomic E-state index is 6.55. The first kappa shape index (κ1) is 29.9. The molecule has 55 heavy (non-hydrogen) atoms. The molecule has 0 saturated carbocycles. The average molecular weight is 708 g/mol. The second-order valence-electron chi connectivity index (χ2n) is 13.9. The van der Waals surface area contributed by atoms with Gasteiger partial charge in [0.25, 0.3) is 0 Å². The molecule has 6 nitrogen and oxygen atoms in total. The van der Waals surface area contributed by atoms with Gasteiger partial charge in [0, 0.05) is 38.5 Å². The highest BCUT2D eigenvalue weighted by Gasteiger charge is 2.26. The number of rotatable bonds is 5. The molecule has 0 fully saturated rings. The zero-order valence-electron chi connectivity index (χ0n) is 29.3. The van der Waals surface area contributed by atoms with Crippen LogP contribution in [0.1, 0.15) is 0 Å². The Balaban J connectivity index is 1.19. The van der Waals surface area contributed by atoms with Crippen molar-refractivity contribution < 1.29 is 13.3 Å². The number of fused-ring (bicyclic) bond motifs is 11. The number of oxazole rings is 1. The molecule has 0 spiro atoms. The highest BCUT2D eigenvalue weighted by molar-refractivity contribution is 6.20. The molecule has 12 rings (SSSR count). The van der Waals surface area contributed by atoms with Crippen LogP contribution in [0, 0.1) is 0 Å². The van der Waals surface area contributed by atoms with E-state index in [0.29, 0.717) is 11.5 Å². The number of furan rings is 2. The molecule has 4 aromatic heterocycles. The fourth-order valence-electron chi connectivity index (χ4n) is 8.45. The third-order valence-electron chi connectivity index (χ3n) is 10.8. The monoisotopic (exact) mass is 707 g/mol. The van der Waals surface area contributed by atoms with E-state index in [2.05, 4.69) is 131 Å². The minimum Gasteiger partial charge on any atom is -0.456 e. The zero-order valence-corrected chi connectivity index (χ0v) is 29.3. The van der Waals surface area contributed by atoms with E-state index < -0.39 is 0 Å². The lowest BCUT2D eigenvalue weighted by Crippen LogP contribution is -2.12. The van der Waals surface area contributed by atoms with E-state index in [0.717, 1.165) is 94.1 Å². The summed E-state index contributed by atoms with van der Waals surface area (Å²) in [4.78, 5) is 7.27. The number of anilines is 3.